The van der Waals surface area contributed by atoms with Crippen LogP contribution >= 0.6 is 69.6 Å². The smallest absolute Gasteiger partial charge is 0.328 e. The second kappa shape index (κ2) is 9.40. The van der Waals surface area contributed by atoms with Crippen LogP contribution in [-0.2, 0) is 14.3 Å². The predicted molar refractivity (Wildman–Crippen MR) is 96.7 cm³/mol. The van der Waals surface area contributed by atoms with Crippen molar-refractivity contribution in [1.82, 2.24) is 4.90 Å². The van der Waals surface area contributed by atoms with Gasteiger partial charge in [-0.1, -0.05) is 83.5 Å². The first kappa shape index (κ1) is 23.7. The fourth-order valence-electron chi connectivity index (χ4n) is 1.71. The van der Waals surface area contributed by atoms with Gasteiger partial charge in [-0.25, -0.2) is 4.79 Å². The molecule has 0 spiro atoms. The van der Waals surface area contributed by atoms with Gasteiger partial charge in [0.15, 0.2) is 7.59 Å². The molecule has 0 rings (SSSR count). The Labute approximate surface area is 166 Å². The molecule has 136 valence electrons. The predicted octanol–water partition coefficient (Wildman–Crippen LogP) is 4.78. The van der Waals surface area contributed by atoms with Crippen molar-refractivity contribution < 1.29 is 14.3 Å². The van der Waals surface area contributed by atoms with Crippen molar-refractivity contribution in [2.24, 2.45) is 11.8 Å². The Balaban J connectivity index is 5.12. The van der Waals surface area contributed by atoms with Gasteiger partial charge in [0.2, 0.25) is 5.91 Å². The van der Waals surface area contributed by atoms with Gasteiger partial charge in [0.25, 0.3) is 0 Å². The summed E-state index contributed by atoms with van der Waals surface area (Å²) in [5, 5.41) is 0. The Bertz CT molecular complexity index is 421. The fraction of sp³-hybridized carbons (Fsp3) is 0.846. The lowest BCUT2D eigenvalue weighted by Gasteiger charge is -2.31. The summed E-state index contributed by atoms with van der Waals surface area (Å²) in [5.74, 6) is -2.01. The molecule has 0 aliphatic heterocycles. The molecule has 0 radical (unpaired) electrons. The highest BCUT2D eigenvalue weighted by molar-refractivity contribution is 6.68. The molecule has 0 saturated heterocycles. The van der Waals surface area contributed by atoms with Crippen LogP contribution in [0.1, 0.15) is 26.7 Å². The molecule has 0 saturated carbocycles. The van der Waals surface area contributed by atoms with Crippen LogP contribution in [0.15, 0.2) is 0 Å². The molecule has 1 amide bonds. The van der Waals surface area contributed by atoms with E-state index in [9.17, 15) is 9.59 Å². The molecule has 0 aromatic heterocycles. The third-order valence-electron chi connectivity index (χ3n) is 3.51. The molecule has 0 aromatic carbocycles. The van der Waals surface area contributed by atoms with E-state index in [0.29, 0.717) is 0 Å². The second-order valence-electron chi connectivity index (χ2n) is 5.37. The van der Waals surface area contributed by atoms with E-state index in [4.69, 9.17) is 74.3 Å². The van der Waals surface area contributed by atoms with Crippen molar-refractivity contribution in [1.29, 1.82) is 0 Å². The molecule has 0 heterocycles. The number of methoxy groups -OCH3 is 1. The molecule has 4 nitrogen and oxygen atoms in total. The number of halogens is 6. The van der Waals surface area contributed by atoms with E-state index in [2.05, 4.69) is 0 Å². The van der Waals surface area contributed by atoms with Crippen molar-refractivity contribution in [2.75, 3.05) is 14.2 Å². The van der Waals surface area contributed by atoms with E-state index < -0.39 is 31.4 Å². The molecule has 0 fully saturated rings. The number of amides is 1. The highest BCUT2D eigenvalue weighted by atomic mass is 35.6. The SMILES string of the molecule is COC(=O)[C@H](C[C@H](C)C(Cl)(Cl)Cl)N(C)C(=O)C[C@H](C)C(Cl)(Cl)Cl. The van der Waals surface area contributed by atoms with Crippen LogP contribution in [-0.4, -0.2) is 44.6 Å². The lowest BCUT2D eigenvalue weighted by atomic mass is 10.0. The molecular formula is C13H19Cl6NO3. The number of likely N-dealkylation sites (N-methyl/N-ethyl adjacent to an activating group) is 1. The monoisotopic (exact) mass is 447 g/mol. The Morgan fingerprint density at radius 2 is 1.43 bits per heavy atom. The summed E-state index contributed by atoms with van der Waals surface area (Å²) in [5.41, 5.74) is 0. The normalized spacial score (nSPS) is 16.4. The van der Waals surface area contributed by atoms with Gasteiger partial charge in [-0.2, -0.15) is 0 Å². The second-order valence-corrected chi connectivity index (χ2v) is 10.1. The molecule has 23 heavy (non-hydrogen) atoms. The van der Waals surface area contributed by atoms with Crippen LogP contribution in [0.25, 0.3) is 0 Å². The van der Waals surface area contributed by atoms with Crippen LogP contribution in [0.4, 0.5) is 0 Å². The number of hydrogen-bond donors (Lipinski definition) is 0. The molecule has 0 bridgehead atoms. The third-order valence-corrected chi connectivity index (χ3v) is 5.74. The Hall–Kier alpha value is 0.680. The molecule has 0 N–H and O–H groups in total. The first-order chi connectivity index (χ1) is 10.2. The van der Waals surface area contributed by atoms with E-state index in [-0.39, 0.29) is 18.7 Å². The van der Waals surface area contributed by atoms with Crippen molar-refractivity contribution >= 4 is 81.5 Å². The lowest BCUT2D eigenvalue weighted by molar-refractivity contribution is -0.152. The zero-order chi connectivity index (χ0) is 18.6. The summed E-state index contributed by atoms with van der Waals surface area (Å²) in [6.07, 6.45) is 0.0657. The molecule has 0 aliphatic rings. The van der Waals surface area contributed by atoms with E-state index in [1.807, 2.05) is 0 Å². The summed E-state index contributed by atoms with van der Waals surface area (Å²) in [7, 11) is 2.68. The van der Waals surface area contributed by atoms with Crippen molar-refractivity contribution in [2.45, 2.75) is 40.3 Å². The maximum atomic E-state index is 12.3. The molecule has 0 unspecified atom stereocenters. The summed E-state index contributed by atoms with van der Waals surface area (Å²) in [6, 6.07) is -0.902. The zero-order valence-corrected chi connectivity index (χ0v) is 17.6. The molecule has 0 aliphatic carbocycles. The van der Waals surface area contributed by atoms with E-state index in [0.717, 1.165) is 0 Å². The summed E-state index contributed by atoms with van der Waals surface area (Å²) >= 11 is 34.8. The topological polar surface area (TPSA) is 46.6 Å². The van der Waals surface area contributed by atoms with Crippen molar-refractivity contribution in [3.8, 4) is 0 Å². The molecule has 10 heteroatoms. The van der Waals surface area contributed by atoms with Crippen LogP contribution in [0.3, 0.4) is 0 Å². The van der Waals surface area contributed by atoms with Gasteiger partial charge in [-0.05, 0) is 6.42 Å². The number of ether oxygens (including phenoxy) is 1. The number of nitrogens with zero attached hydrogens (tertiary/aromatic N) is 1. The summed E-state index contributed by atoms with van der Waals surface area (Å²) in [6.45, 7) is 3.28. The summed E-state index contributed by atoms with van der Waals surface area (Å²) in [4.78, 5) is 25.5. The van der Waals surface area contributed by atoms with Gasteiger partial charge in [-0.3, -0.25) is 4.79 Å². The minimum atomic E-state index is -1.58. The number of carbonyl (C=O) groups excluding carboxylic acids is 2. The average molecular weight is 450 g/mol. The highest BCUT2D eigenvalue weighted by Crippen LogP contribution is 2.39. The third kappa shape index (κ3) is 8.06. The zero-order valence-electron chi connectivity index (χ0n) is 13.1. The van der Waals surface area contributed by atoms with Gasteiger partial charge in [0.05, 0.1) is 7.11 Å². The van der Waals surface area contributed by atoms with Crippen LogP contribution < -0.4 is 0 Å². The van der Waals surface area contributed by atoms with E-state index in [1.54, 1.807) is 13.8 Å². The standard InChI is InChI=1S/C13H19Cl6NO3/c1-7(12(14,15)16)5-9(11(22)23-4)20(3)10(21)6-8(2)13(17,18)19/h7-9H,5-6H2,1-4H3/t7-,8-,9-/m0/s1. The number of hydrogen-bond acceptors (Lipinski definition) is 3. The van der Waals surface area contributed by atoms with Crippen molar-refractivity contribution in [3.05, 3.63) is 0 Å². The summed E-state index contributed by atoms with van der Waals surface area (Å²) < 4.78 is 1.58. The van der Waals surface area contributed by atoms with E-state index >= 15 is 0 Å². The Morgan fingerprint density at radius 3 is 1.78 bits per heavy atom. The number of esters is 1. The average Bonchev–Trinajstić information content (AvgIpc) is 2.40. The first-order valence-corrected chi connectivity index (χ1v) is 8.95. The molecule has 3 atom stereocenters. The lowest BCUT2D eigenvalue weighted by Crippen LogP contribution is -2.45. The van der Waals surface area contributed by atoms with Gasteiger partial charge in [0, 0.05) is 25.3 Å². The van der Waals surface area contributed by atoms with Gasteiger partial charge in [-0.15, -0.1) is 0 Å². The maximum absolute atomic E-state index is 12.3. The van der Waals surface area contributed by atoms with Crippen molar-refractivity contribution in [3.63, 3.8) is 0 Å². The maximum Gasteiger partial charge on any atom is 0.328 e. The number of alkyl halides is 6. The van der Waals surface area contributed by atoms with E-state index in [1.165, 1.54) is 19.1 Å². The molecule has 0 aromatic rings. The van der Waals surface area contributed by atoms with Gasteiger partial charge >= 0.3 is 5.97 Å². The number of carbonyl (C=O) groups is 2. The fourth-order valence-corrected chi connectivity index (χ4v) is 2.21. The highest BCUT2D eigenvalue weighted by Gasteiger charge is 2.38. The Morgan fingerprint density at radius 1 is 1.00 bits per heavy atom. The minimum absolute atomic E-state index is 0.0529. The van der Waals surface area contributed by atoms with Gasteiger partial charge in [0.1, 0.15) is 6.04 Å². The largest absolute Gasteiger partial charge is 0.467 e. The Kier molecular flexibility index (Phi) is 9.68. The quantitative estimate of drug-likeness (QED) is 0.433. The van der Waals surface area contributed by atoms with Crippen LogP contribution in [0, 0.1) is 11.8 Å². The number of rotatable bonds is 6. The first-order valence-electron chi connectivity index (χ1n) is 6.68. The molecular weight excluding hydrogens is 431 g/mol. The minimum Gasteiger partial charge on any atom is -0.467 e. The van der Waals surface area contributed by atoms with Crippen LogP contribution in [0.5, 0.6) is 0 Å². The van der Waals surface area contributed by atoms with Gasteiger partial charge < -0.3 is 9.64 Å². The van der Waals surface area contributed by atoms with Crippen LogP contribution in [0.2, 0.25) is 0 Å².